The van der Waals surface area contributed by atoms with Gasteiger partial charge in [-0.1, -0.05) is 35.3 Å². The van der Waals surface area contributed by atoms with Crippen LogP contribution in [0.2, 0.25) is 10.0 Å². The van der Waals surface area contributed by atoms with E-state index < -0.39 is 0 Å². The molecule has 0 aliphatic rings. The summed E-state index contributed by atoms with van der Waals surface area (Å²) in [6, 6.07) is 12.6. The Hall–Kier alpha value is -1.36. The number of hydrogen-bond acceptors (Lipinski definition) is 3. The van der Waals surface area contributed by atoms with Crippen LogP contribution in [0.1, 0.15) is 5.56 Å². The highest BCUT2D eigenvalue weighted by molar-refractivity contribution is 7.99. The third kappa shape index (κ3) is 5.16. The standard InChI is InChI=1S/C15H14Cl2N2OS/c16-11-3-1-10(2-4-11)8-21-9-15(20)19-14-7-12(18)5-6-13(14)17/h1-7H,8-9,18H2,(H,19,20). The van der Waals surface area contributed by atoms with Gasteiger partial charge in [0.25, 0.3) is 0 Å². The number of rotatable bonds is 5. The van der Waals surface area contributed by atoms with Gasteiger partial charge in [0.1, 0.15) is 0 Å². The van der Waals surface area contributed by atoms with Crippen molar-refractivity contribution in [2.45, 2.75) is 5.75 Å². The molecule has 0 heterocycles. The second-order valence-electron chi connectivity index (χ2n) is 4.41. The maximum absolute atomic E-state index is 11.9. The lowest BCUT2D eigenvalue weighted by Gasteiger charge is -2.08. The molecule has 0 radical (unpaired) electrons. The van der Waals surface area contributed by atoms with E-state index in [-0.39, 0.29) is 5.91 Å². The maximum atomic E-state index is 11.9. The third-order valence-electron chi connectivity index (χ3n) is 2.68. The molecule has 0 saturated carbocycles. The van der Waals surface area contributed by atoms with Crippen LogP contribution in [-0.2, 0) is 10.5 Å². The fourth-order valence-corrected chi connectivity index (χ4v) is 2.75. The van der Waals surface area contributed by atoms with Crippen molar-refractivity contribution in [2.75, 3.05) is 16.8 Å². The molecule has 0 fully saturated rings. The molecular weight excluding hydrogens is 327 g/mol. The highest BCUT2D eigenvalue weighted by Gasteiger charge is 2.06. The molecule has 0 aliphatic carbocycles. The largest absolute Gasteiger partial charge is 0.399 e. The predicted octanol–water partition coefficient (Wildman–Crippen LogP) is 4.45. The average molecular weight is 341 g/mol. The summed E-state index contributed by atoms with van der Waals surface area (Å²) < 4.78 is 0. The van der Waals surface area contributed by atoms with Gasteiger partial charge in [0, 0.05) is 16.5 Å². The van der Waals surface area contributed by atoms with E-state index in [1.165, 1.54) is 11.8 Å². The van der Waals surface area contributed by atoms with Gasteiger partial charge < -0.3 is 11.1 Å². The number of halogens is 2. The number of anilines is 2. The second-order valence-corrected chi connectivity index (χ2v) is 6.24. The Bertz CT molecular complexity index is 632. The van der Waals surface area contributed by atoms with E-state index in [4.69, 9.17) is 28.9 Å². The van der Waals surface area contributed by atoms with Gasteiger partial charge in [-0.3, -0.25) is 4.79 Å². The SMILES string of the molecule is Nc1ccc(Cl)c(NC(=O)CSCc2ccc(Cl)cc2)c1. The normalized spacial score (nSPS) is 10.4. The van der Waals surface area contributed by atoms with Crippen LogP contribution in [0.25, 0.3) is 0 Å². The molecule has 2 aromatic carbocycles. The number of carbonyl (C=O) groups is 1. The predicted molar refractivity (Wildman–Crippen MR) is 92.1 cm³/mol. The molecule has 0 aromatic heterocycles. The topological polar surface area (TPSA) is 55.1 Å². The van der Waals surface area contributed by atoms with Crippen LogP contribution in [0.3, 0.4) is 0 Å². The monoisotopic (exact) mass is 340 g/mol. The van der Waals surface area contributed by atoms with Crippen molar-refractivity contribution in [3.05, 3.63) is 58.1 Å². The minimum Gasteiger partial charge on any atom is -0.399 e. The number of nitrogens with one attached hydrogen (secondary N) is 1. The molecule has 3 nitrogen and oxygen atoms in total. The molecule has 110 valence electrons. The van der Waals surface area contributed by atoms with Crippen LogP contribution < -0.4 is 11.1 Å². The number of carbonyl (C=O) groups excluding carboxylic acids is 1. The first kappa shape index (κ1) is 16.0. The molecule has 0 spiro atoms. The molecule has 6 heteroatoms. The minimum absolute atomic E-state index is 0.110. The Labute approximate surface area is 137 Å². The van der Waals surface area contributed by atoms with E-state index in [2.05, 4.69) is 5.32 Å². The highest BCUT2D eigenvalue weighted by atomic mass is 35.5. The first-order valence-electron chi connectivity index (χ1n) is 6.21. The second kappa shape index (κ2) is 7.59. The molecule has 0 bridgehead atoms. The van der Waals surface area contributed by atoms with E-state index in [1.54, 1.807) is 18.2 Å². The molecule has 3 N–H and O–H groups in total. The maximum Gasteiger partial charge on any atom is 0.234 e. The minimum atomic E-state index is -0.110. The first-order valence-corrected chi connectivity index (χ1v) is 8.13. The molecule has 0 saturated heterocycles. The molecule has 2 aromatic rings. The lowest BCUT2D eigenvalue weighted by atomic mass is 10.2. The number of nitrogens with two attached hydrogens (primary N) is 1. The van der Waals surface area contributed by atoms with Crippen molar-refractivity contribution >= 4 is 52.2 Å². The Morgan fingerprint density at radius 1 is 1.14 bits per heavy atom. The number of nitrogen functional groups attached to an aromatic ring is 1. The lowest BCUT2D eigenvalue weighted by Crippen LogP contribution is -2.14. The van der Waals surface area contributed by atoms with Crippen molar-refractivity contribution in [3.63, 3.8) is 0 Å². The van der Waals surface area contributed by atoms with Crippen LogP contribution in [-0.4, -0.2) is 11.7 Å². The number of hydrogen-bond donors (Lipinski definition) is 2. The van der Waals surface area contributed by atoms with Gasteiger partial charge in [-0.25, -0.2) is 0 Å². The van der Waals surface area contributed by atoms with E-state index in [0.29, 0.717) is 27.2 Å². The zero-order valence-corrected chi connectivity index (χ0v) is 13.4. The van der Waals surface area contributed by atoms with E-state index >= 15 is 0 Å². The van der Waals surface area contributed by atoms with E-state index in [1.807, 2.05) is 24.3 Å². The zero-order chi connectivity index (χ0) is 15.2. The van der Waals surface area contributed by atoms with Crippen molar-refractivity contribution in [2.24, 2.45) is 0 Å². The molecular formula is C15H14Cl2N2OS. The van der Waals surface area contributed by atoms with E-state index in [0.717, 1.165) is 11.3 Å². The first-order chi connectivity index (χ1) is 10.0. The molecule has 1 amide bonds. The van der Waals surface area contributed by atoms with Crippen molar-refractivity contribution < 1.29 is 4.79 Å². The molecule has 0 atom stereocenters. The highest BCUT2D eigenvalue weighted by Crippen LogP contribution is 2.24. The van der Waals surface area contributed by atoms with Crippen LogP contribution in [0.4, 0.5) is 11.4 Å². The van der Waals surface area contributed by atoms with Gasteiger partial charge in [0.05, 0.1) is 16.5 Å². The zero-order valence-electron chi connectivity index (χ0n) is 11.1. The van der Waals surface area contributed by atoms with Gasteiger partial charge >= 0.3 is 0 Å². The summed E-state index contributed by atoms with van der Waals surface area (Å²) in [4.78, 5) is 11.9. The van der Waals surface area contributed by atoms with Crippen molar-refractivity contribution in [3.8, 4) is 0 Å². The van der Waals surface area contributed by atoms with Gasteiger partial charge in [0.2, 0.25) is 5.91 Å². The summed E-state index contributed by atoms with van der Waals surface area (Å²) in [6.07, 6.45) is 0. The number of benzene rings is 2. The fraction of sp³-hybridized carbons (Fsp3) is 0.133. The summed E-state index contributed by atoms with van der Waals surface area (Å²) in [7, 11) is 0. The number of thioether (sulfide) groups is 1. The average Bonchev–Trinajstić information content (AvgIpc) is 2.45. The van der Waals surface area contributed by atoms with Crippen LogP contribution in [0.5, 0.6) is 0 Å². The van der Waals surface area contributed by atoms with Gasteiger partial charge in [-0.15, -0.1) is 11.8 Å². The Morgan fingerprint density at radius 2 is 1.86 bits per heavy atom. The Balaban J connectivity index is 1.82. The van der Waals surface area contributed by atoms with Crippen LogP contribution in [0.15, 0.2) is 42.5 Å². The summed E-state index contributed by atoms with van der Waals surface area (Å²) in [5.74, 6) is 0.977. The molecule has 21 heavy (non-hydrogen) atoms. The summed E-state index contributed by atoms with van der Waals surface area (Å²) in [5.41, 5.74) is 7.88. The Kier molecular flexibility index (Phi) is 5.79. The Morgan fingerprint density at radius 3 is 2.57 bits per heavy atom. The van der Waals surface area contributed by atoms with Crippen molar-refractivity contribution in [1.29, 1.82) is 0 Å². The van der Waals surface area contributed by atoms with Gasteiger partial charge in [-0.2, -0.15) is 0 Å². The van der Waals surface area contributed by atoms with Crippen LogP contribution >= 0.6 is 35.0 Å². The molecule has 2 rings (SSSR count). The van der Waals surface area contributed by atoms with E-state index in [9.17, 15) is 4.79 Å². The van der Waals surface area contributed by atoms with Crippen molar-refractivity contribution in [1.82, 2.24) is 0 Å². The molecule has 0 aliphatic heterocycles. The summed E-state index contributed by atoms with van der Waals surface area (Å²) in [6.45, 7) is 0. The smallest absolute Gasteiger partial charge is 0.234 e. The van der Waals surface area contributed by atoms with Crippen LogP contribution in [0, 0.1) is 0 Å². The van der Waals surface area contributed by atoms with Gasteiger partial charge in [-0.05, 0) is 35.9 Å². The lowest BCUT2D eigenvalue weighted by molar-refractivity contribution is -0.113. The fourth-order valence-electron chi connectivity index (χ4n) is 1.67. The summed E-state index contributed by atoms with van der Waals surface area (Å²) >= 11 is 13.3. The molecule has 0 unspecified atom stereocenters. The summed E-state index contributed by atoms with van der Waals surface area (Å²) in [5, 5.41) is 3.93. The number of amides is 1. The van der Waals surface area contributed by atoms with Gasteiger partial charge in [0.15, 0.2) is 0 Å². The third-order valence-corrected chi connectivity index (χ3v) is 4.26. The quantitative estimate of drug-likeness (QED) is 0.790.